The van der Waals surface area contributed by atoms with Crippen molar-refractivity contribution in [1.29, 1.82) is 5.26 Å². The number of aryl methyl sites for hydroxylation is 3. The van der Waals surface area contributed by atoms with Gasteiger partial charge in [-0.2, -0.15) is 5.26 Å². The second kappa shape index (κ2) is 11.9. The Morgan fingerprint density at radius 2 is 2.14 bits per heavy atom. The molecular weight excluding hydrogens is 502 g/mol. The summed E-state index contributed by atoms with van der Waals surface area (Å²) in [5, 5.41) is 23.2. The molecule has 7 nitrogen and oxygen atoms in total. The number of thioether (sulfide) groups is 1. The van der Waals surface area contributed by atoms with Gasteiger partial charge in [0.1, 0.15) is 22.6 Å². The highest BCUT2D eigenvalue weighted by Gasteiger charge is 2.21. The topological polar surface area (TPSA) is 92.8 Å². The van der Waals surface area contributed by atoms with Crippen molar-refractivity contribution < 1.29 is 9.53 Å². The van der Waals surface area contributed by atoms with Crippen molar-refractivity contribution in [2.45, 2.75) is 57.0 Å². The first kappa shape index (κ1) is 25.5. The van der Waals surface area contributed by atoms with E-state index in [1.807, 2.05) is 36.7 Å². The average Bonchev–Trinajstić information content (AvgIpc) is 3.25. The number of aromatic nitrogens is 3. The molecule has 0 saturated carbocycles. The first-order valence-corrected chi connectivity index (χ1v) is 13.9. The van der Waals surface area contributed by atoms with E-state index in [1.165, 1.54) is 23.1 Å². The molecule has 0 unspecified atom stereocenters. The number of rotatable bonds is 9. The molecule has 184 valence electrons. The number of carbonyl (C=O) groups excluding carboxylic acids is 1. The number of hydrogen-bond acceptors (Lipinski definition) is 7. The molecule has 0 fully saturated rings. The minimum absolute atomic E-state index is 0.140. The number of thiophene rings is 1. The highest BCUT2D eigenvalue weighted by molar-refractivity contribution is 7.99. The van der Waals surface area contributed by atoms with Crippen molar-refractivity contribution in [2.75, 3.05) is 17.7 Å². The van der Waals surface area contributed by atoms with Gasteiger partial charge in [-0.05, 0) is 68.4 Å². The first-order chi connectivity index (χ1) is 17.0. The van der Waals surface area contributed by atoms with Gasteiger partial charge < -0.3 is 14.6 Å². The summed E-state index contributed by atoms with van der Waals surface area (Å²) in [7, 11) is 1.91. The average molecular weight is 530 g/mol. The molecule has 1 aliphatic rings. The second-order valence-electron chi connectivity index (χ2n) is 8.54. The number of ether oxygens (including phenoxy) is 1. The van der Waals surface area contributed by atoms with Crippen LogP contribution in [0, 0.1) is 18.3 Å². The van der Waals surface area contributed by atoms with E-state index in [0.29, 0.717) is 27.4 Å². The normalized spacial score (nSPS) is 13.1. The number of nitrogens with one attached hydrogen (secondary N) is 1. The Hall–Kier alpha value is -2.54. The van der Waals surface area contributed by atoms with Gasteiger partial charge in [-0.15, -0.1) is 21.5 Å². The lowest BCUT2D eigenvalue weighted by molar-refractivity contribution is -0.113. The Kier molecular flexibility index (Phi) is 8.71. The molecule has 0 atom stereocenters. The third kappa shape index (κ3) is 6.37. The Labute approximate surface area is 218 Å². The lowest BCUT2D eigenvalue weighted by atomic mass is 10.1. The number of halogens is 1. The second-order valence-corrected chi connectivity index (χ2v) is 11.0. The Morgan fingerprint density at radius 1 is 1.31 bits per heavy atom. The van der Waals surface area contributed by atoms with E-state index >= 15 is 0 Å². The molecule has 0 bridgehead atoms. The summed E-state index contributed by atoms with van der Waals surface area (Å²) in [5.41, 5.74) is 2.78. The Morgan fingerprint density at radius 3 is 2.94 bits per heavy atom. The van der Waals surface area contributed by atoms with Gasteiger partial charge in [-0.25, -0.2) is 0 Å². The van der Waals surface area contributed by atoms with Crippen LogP contribution in [0.1, 0.15) is 53.1 Å². The van der Waals surface area contributed by atoms with Crippen LogP contribution in [0.2, 0.25) is 5.02 Å². The fourth-order valence-corrected chi connectivity index (χ4v) is 6.33. The number of fused-ring (bicyclic) bond motifs is 1. The fraction of sp³-hybridized carbons (Fsp3) is 0.440. The number of nitrogens with zero attached hydrogens (tertiary/aromatic N) is 4. The van der Waals surface area contributed by atoms with E-state index < -0.39 is 0 Å². The summed E-state index contributed by atoms with van der Waals surface area (Å²) < 4.78 is 7.77. The van der Waals surface area contributed by atoms with Gasteiger partial charge in [0.05, 0.1) is 17.9 Å². The summed E-state index contributed by atoms with van der Waals surface area (Å²) in [5.74, 6) is 1.74. The van der Waals surface area contributed by atoms with Crippen LogP contribution in [0.4, 0.5) is 5.00 Å². The standard InChI is InChI=1S/C25H28ClN5O2S2/c1-16-13-17(26)10-11-20(16)33-12-6-9-22-29-30-25(31(22)2)34-15-23(32)28-24-19(14-27)18-7-4-3-5-8-21(18)35-24/h10-11,13H,3-9,12,15H2,1-2H3,(H,28,32). The third-order valence-corrected chi connectivity index (χ3v) is 8.45. The maximum Gasteiger partial charge on any atom is 0.235 e. The molecule has 0 saturated heterocycles. The van der Waals surface area contributed by atoms with Crippen LogP contribution in [0.3, 0.4) is 0 Å². The number of carbonyl (C=O) groups is 1. The monoisotopic (exact) mass is 529 g/mol. The van der Waals surface area contributed by atoms with Crippen LogP contribution in [0.5, 0.6) is 5.75 Å². The van der Waals surface area contributed by atoms with Crippen LogP contribution in [0.15, 0.2) is 23.4 Å². The molecule has 3 aromatic rings. The molecule has 1 amide bonds. The molecule has 0 spiro atoms. The number of nitriles is 1. The zero-order valence-electron chi connectivity index (χ0n) is 19.9. The highest BCUT2D eigenvalue weighted by Crippen LogP contribution is 2.37. The predicted octanol–water partition coefficient (Wildman–Crippen LogP) is 5.72. The van der Waals surface area contributed by atoms with Gasteiger partial charge in [0.15, 0.2) is 5.16 Å². The molecule has 10 heteroatoms. The summed E-state index contributed by atoms with van der Waals surface area (Å²) in [6.07, 6.45) is 6.86. The Balaban J connectivity index is 1.26. The van der Waals surface area contributed by atoms with Crippen molar-refractivity contribution in [3.8, 4) is 11.8 Å². The number of amides is 1. The van der Waals surface area contributed by atoms with Crippen molar-refractivity contribution >= 4 is 45.6 Å². The van der Waals surface area contributed by atoms with Gasteiger partial charge in [-0.1, -0.05) is 29.8 Å². The lowest BCUT2D eigenvalue weighted by Crippen LogP contribution is -2.14. The summed E-state index contributed by atoms with van der Waals surface area (Å²) in [6, 6.07) is 7.89. The zero-order chi connectivity index (χ0) is 24.8. The third-order valence-electron chi connectivity index (χ3n) is 5.98. The fourth-order valence-electron chi connectivity index (χ4n) is 4.12. The first-order valence-electron chi connectivity index (χ1n) is 11.7. The summed E-state index contributed by atoms with van der Waals surface area (Å²) in [6.45, 7) is 2.53. The lowest BCUT2D eigenvalue weighted by Gasteiger charge is -2.09. The molecular formula is C25H28ClN5O2S2. The summed E-state index contributed by atoms with van der Waals surface area (Å²) >= 11 is 8.89. The van der Waals surface area contributed by atoms with Gasteiger partial charge in [0.25, 0.3) is 0 Å². The van der Waals surface area contributed by atoms with Crippen molar-refractivity contribution in [1.82, 2.24) is 14.8 Å². The number of anilines is 1. The van der Waals surface area contributed by atoms with E-state index in [0.717, 1.165) is 61.2 Å². The molecule has 35 heavy (non-hydrogen) atoms. The maximum absolute atomic E-state index is 12.6. The van der Waals surface area contributed by atoms with Crippen molar-refractivity contribution in [3.63, 3.8) is 0 Å². The van der Waals surface area contributed by atoms with Crippen LogP contribution in [-0.2, 0) is 31.1 Å². The maximum atomic E-state index is 12.6. The van der Waals surface area contributed by atoms with Crippen LogP contribution < -0.4 is 10.1 Å². The van der Waals surface area contributed by atoms with Crippen LogP contribution >= 0.6 is 34.7 Å². The molecule has 0 radical (unpaired) electrons. The number of benzene rings is 1. The van der Waals surface area contributed by atoms with E-state index in [4.69, 9.17) is 16.3 Å². The number of hydrogen-bond donors (Lipinski definition) is 1. The van der Waals surface area contributed by atoms with Gasteiger partial charge in [-0.3, -0.25) is 4.79 Å². The predicted molar refractivity (Wildman–Crippen MR) is 141 cm³/mol. The van der Waals surface area contributed by atoms with Gasteiger partial charge >= 0.3 is 0 Å². The zero-order valence-corrected chi connectivity index (χ0v) is 22.3. The molecule has 1 aromatic carbocycles. The van der Waals surface area contributed by atoms with Crippen LogP contribution in [-0.4, -0.2) is 33.0 Å². The molecule has 2 heterocycles. The van der Waals surface area contributed by atoms with Gasteiger partial charge in [0, 0.05) is 23.4 Å². The SMILES string of the molecule is Cc1cc(Cl)ccc1OCCCc1nnc(SCC(=O)Nc2sc3c(c2C#N)CCCCC3)n1C. The van der Waals surface area contributed by atoms with E-state index in [2.05, 4.69) is 21.6 Å². The van der Waals surface area contributed by atoms with E-state index in [9.17, 15) is 10.1 Å². The van der Waals surface area contributed by atoms with Crippen molar-refractivity contribution in [2.24, 2.45) is 7.05 Å². The minimum Gasteiger partial charge on any atom is -0.493 e. The Bertz CT molecular complexity index is 1250. The highest BCUT2D eigenvalue weighted by atomic mass is 35.5. The van der Waals surface area contributed by atoms with Gasteiger partial charge in [0.2, 0.25) is 5.91 Å². The minimum atomic E-state index is -0.140. The smallest absolute Gasteiger partial charge is 0.235 e. The van der Waals surface area contributed by atoms with Crippen molar-refractivity contribution in [3.05, 3.63) is 50.6 Å². The van der Waals surface area contributed by atoms with Crippen LogP contribution in [0.25, 0.3) is 0 Å². The molecule has 1 N–H and O–H groups in total. The molecule has 0 aliphatic heterocycles. The largest absolute Gasteiger partial charge is 0.493 e. The quantitative estimate of drug-likeness (QED) is 0.216. The molecule has 1 aliphatic carbocycles. The summed E-state index contributed by atoms with van der Waals surface area (Å²) in [4.78, 5) is 13.9. The molecule has 4 rings (SSSR count). The molecule has 2 aromatic heterocycles. The van der Waals surface area contributed by atoms with E-state index in [-0.39, 0.29) is 11.7 Å². The van der Waals surface area contributed by atoms with E-state index in [1.54, 1.807) is 11.3 Å².